The van der Waals surface area contributed by atoms with E-state index in [1.165, 1.54) is 6.42 Å². The lowest BCUT2D eigenvalue weighted by atomic mass is 9.71. The van der Waals surface area contributed by atoms with Crippen LogP contribution >= 0.6 is 0 Å². The summed E-state index contributed by atoms with van der Waals surface area (Å²) in [6, 6.07) is 0. The van der Waals surface area contributed by atoms with E-state index < -0.39 is 0 Å². The summed E-state index contributed by atoms with van der Waals surface area (Å²) in [6.07, 6.45) is 6.17. The molecule has 2 unspecified atom stereocenters. The van der Waals surface area contributed by atoms with Gasteiger partial charge in [-0.15, -0.1) is 0 Å². The van der Waals surface area contributed by atoms with Gasteiger partial charge in [-0.05, 0) is 62.9 Å². The second kappa shape index (κ2) is 6.05. The Morgan fingerprint density at radius 1 is 1.25 bits per heavy atom. The summed E-state index contributed by atoms with van der Waals surface area (Å²) in [5.74, 6) is 0.721. The molecule has 3 nitrogen and oxygen atoms in total. The molecule has 0 bridgehead atoms. The van der Waals surface area contributed by atoms with E-state index in [1.54, 1.807) is 0 Å². The largest absolute Gasteiger partial charge is 0.462 e. The lowest BCUT2D eigenvalue weighted by molar-refractivity contribution is -0.168. The SMILES string of the molecule is CCC1(C(=O)OC2CC(C)CC(C)(C)C2)CCNCC1. The first-order valence-electron chi connectivity index (χ1n) is 8.29. The maximum atomic E-state index is 12.7. The van der Waals surface area contributed by atoms with Crippen LogP contribution in [0.2, 0.25) is 0 Å². The zero-order valence-electron chi connectivity index (χ0n) is 13.6. The van der Waals surface area contributed by atoms with Crippen molar-refractivity contribution in [1.82, 2.24) is 5.32 Å². The van der Waals surface area contributed by atoms with Crippen LogP contribution in [0.25, 0.3) is 0 Å². The van der Waals surface area contributed by atoms with Crippen LogP contribution in [0.1, 0.15) is 66.2 Å². The Labute approximate surface area is 123 Å². The average molecular weight is 281 g/mol. The molecule has 3 heteroatoms. The topological polar surface area (TPSA) is 38.3 Å². The second-order valence-electron chi connectivity index (χ2n) is 7.82. The number of nitrogens with one attached hydrogen (secondary N) is 1. The zero-order valence-corrected chi connectivity index (χ0v) is 13.6. The third kappa shape index (κ3) is 3.55. The molecule has 0 aromatic carbocycles. The lowest BCUT2D eigenvalue weighted by Gasteiger charge is -2.41. The minimum atomic E-state index is -0.226. The van der Waals surface area contributed by atoms with Crippen LogP contribution in [-0.4, -0.2) is 25.2 Å². The molecular formula is C17H31NO2. The van der Waals surface area contributed by atoms with Crippen LogP contribution in [0.3, 0.4) is 0 Å². The van der Waals surface area contributed by atoms with Gasteiger partial charge in [0.05, 0.1) is 5.41 Å². The normalized spacial score (nSPS) is 32.6. The summed E-state index contributed by atoms with van der Waals surface area (Å²) in [5, 5.41) is 3.34. The average Bonchev–Trinajstić information content (AvgIpc) is 2.37. The van der Waals surface area contributed by atoms with Crippen molar-refractivity contribution in [2.45, 2.75) is 72.3 Å². The molecule has 0 aromatic rings. The molecule has 1 aliphatic heterocycles. The molecule has 116 valence electrons. The van der Waals surface area contributed by atoms with Crippen molar-refractivity contribution in [3.05, 3.63) is 0 Å². The van der Waals surface area contributed by atoms with Crippen molar-refractivity contribution < 1.29 is 9.53 Å². The standard InChI is InChI=1S/C17H31NO2/c1-5-17(6-8-18-9-7-17)15(19)20-14-10-13(2)11-16(3,4)12-14/h13-14,18H,5-12H2,1-4H3. The fourth-order valence-electron chi connectivity index (χ4n) is 4.23. The van der Waals surface area contributed by atoms with Crippen LogP contribution in [0, 0.1) is 16.7 Å². The predicted octanol–water partition coefficient (Wildman–Crippen LogP) is 3.52. The van der Waals surface area contributed by atoms with Crippen molar-refractivity contribution in [3.8, 4) is 0 Å². The molecule has 1 aliphatic carbocycles. The smallest absolute Gasteiger partial charge is 0.312 e. The first kappa shape index (κ1) is 15.8. The summed E-state index contributed by atoms with van der Waals surface area (Å²) in [5.41, 5.74) is 0.0756. The van der Waals surface area contributed by atoms with E-state index in [9.17, 15) is 4.79 Å². The molecule has 0 radical (unpaired) electrons. The Kier molecular flexibility index (Phi) is 4.78. The number of hydrogen-bond acceptors (Lipinski definition) is 3. The highest BCUT2D eigenvalue weighted by Crippen LogP contribution is 2.41. The van der Waals surface area contributed by atoms with Crippen LogP contribution in [0.15, 0.2) is 0 Å². The predicted molar refractivity (Wildman–Crippen MR) is 81.5 cm³/mol. The number of ether oxygens (including phenoxy) is 1. The molecule has 1 N–H and O–H groups in total. The summed E-state index contributed by atoms with van der Waals surface area (Å²) >= 11 is 0. The molecule has 0 amide bonds. The van der Waals surface area contributed by atoms with Gasteiger partial charge in [0.1, 0.15) is 6.10 Å². The van der Waals surface area contributed by atoms with Gasteiger partial charge in [0.15, 0.2) is 0 Å². The number of esters is 1. The molecule has 0 spiro atoms. The van der Waals surface area contributed by atoms with Crippen molar-refractivity contribution >= 4 is 5.97 Å². The summed E-state index contributed by atoms with van der Waals surface area (Å²) in [6.45, 7) is 10.9. The van der Waals surface area contributed by atoms with Gasteiger partial charge in [-0.25, -0.2) is 0 Å². The summed E-state index contributed by atoms with van der Waals surface area (Å²) in [7, 11) is 0. The second-order valence-corrected chi connectivity index (χ2v) is 7.82. The molecular weight excluding hydrogens is 250 g/mol. The van der Waals surface area contributed by atoms with Gasteiger partial charge in [0, 0.05) is 0 Å². The van der Waals surface area contributed by atoms with E-state index in [-0.39, 0.29) is 17.5 Å². The Hall–Kier alpha value is -0.570. The van der Waals surface area contributed by atoms with E-state index >= 15 is 0 Å². The van der Waals surface area contributed by atoms with Crippen LogP contribution in [-0.2, 0) is 9.53 Å². The van der Waals surface area contributed by atoms with Gasteiger partial charge < -0.3 is 10.1 Å². The quantitative estimate of drug-likeness (QED) is 0.804. The highest BCUT2D eigenvalue weighted by molar-refractivity contribution is 5.77. The van der Waals surface area contributed by atoms with Gasteiger partial charge in [0.2, 0.25) is 0 Å². The van der Waals surface area contributed by atoms with E-state index in [1.807, 2.05) is 0 Å². The highest BCUT2D eigenvalue weighted by Gasteiger charge is 2.42. The van der Waals surface area contributed by atoms with Crippen LogP contribution < -0.4 is 5.32 Å². The van der Waals surface area contributed by atoms with Crippen molar-refractivity contribution in [2.24, 2.45) is 16.7 Å². The summed E-state index contributed by atoms with van der Waals surface area (Å²) in [4.78, 5) is 12.7. The van der Waals surface area contributed by atoms with Gasteiger partial charge in [-0.2, -0.15) is 0 Å². The van der Waals surface area contributed by atoms with Gasteiger partial charge in [-0.3, -0.25) is 4.79 Å². The Morgan fingerprint density at radius 3 is 2.45 bits per heavy atom. The first-order chi connectivity index (χ1) is 9.37. The van der Waals surface area contributed by atoms with E-state index in [2.05, 4.69) is 33.0 Å². The van der Waals surface area contributed by atoms with Crippen LogP contribution in [0.4, 0.5) is 0 Å². The van der Waals surface area contributed by atoms with Crippen molar-refractivity contribution in [1.29, 1.82) is 0 Å². The Balaban J connectivity index is 1.99. The van der Waals surface area contributed by atoms with E-state index in [4.69, 9.17) is 4.74 Å². The number of carbonyl (C=O) groups is 1. The molecule has 2 fully saturated rings. The Bertz CT molecular complexity index is 345. The summed E-state index contributed by atoms with van der Waals surface area (Å²) < 4.78 is 5.96. The number of carbonyl (C=O) groups excluding carboxylic acids is 1. The fraction of sp³-hybridized carbons (Fsp3) is 0.941. The maximum absolute atomic E-state index is 12.7. The van der Waals surface area contributed by atoms with Gasteiger partial charge in [-0.1, -0.05) is 27.7 Å². The molecule has 0 aromatic heterocycles. The molecule has 2 atom stereocenters. The Morgan fingerprint density at radius 2 is 1.90 bits per heavy atom. The molecule has 1 heterocycles. The third-order valence-corrected chi connectivity index (χ3v) is 5.29. The minimum Gasteiger partial charge on any atom is -0.462 e. The van der Waals surface area contributed by atoms with Crippen LogP contribution in [0.5, 0.6) is 0 Å². The van der Waals surface area contributed by atoms with E-state index in [0.717, 1.165) is 45.2 Å². The van der Waals surface area contributed by atoms with E-state index in [0.29, 0.717) is 11.3 Å². The maximum Gasteiger partial charge on any atom is 0.312 e. The molecule has 1 saturated heterocycles. The molecule has 2 aliphatic rings. The third-order valence-electron chi connectivity index (χ3n) is 5.29. The minimum absolute atomic E-state index is 0.0661. The number of rotatable bonds is 3. The lowest BCUT2D eigenvalue weighted by Crippen LogP contribution is -2.45. The zero-order chi connectivity index (χ0) is 14.8. The fourth-order valence-corrected chi connectivity index (χ4v) is 4.23. The first-order valence-corrected chi connectivity index (χ1v) is 8.29. The monoisotopic (exact) mass is 281 g/mol. The van der Waals surface area contributed by atoms with Crippen molar-refractivity contribution in [2.75, 3.05) is 13.1 Å². The van der Waals surface area contributed by atoms with Gasteiger partial charge >= 0.3 is 5.97 Å². The number of piperidine rings is 1. The molecule has 1 saturated carbocycles. The van der Waals surface area contributed by atoms with Gasteiger partial charge in [0.25, 0.3) is 0 Å². The molecule has 2 rings (SSSR count). The highest BCUT2D eigenvalue weighted by atomic mass is 16.5. The van der Waals surface area contributed by atoms with Crippen molar-refractivity contribution in [3.63, 3.8) is 0 Å². The number of hydrogen-bond donors (Lipinski definition) is 1. The molecule has 20 heavy (non-hydrogen) atoms.